The average Bonchev–Trinajstić information content (AvgIpc) is 3.35. The second kappa shape index (κ2) is 8.18. The Morgan fingerprint density at radius 1 is 1.38 bits per heavy atom. The number of halogens is 2. The number of anilines is 1. The van der Waals surface area contributed by atoms with Gasteiger partial charge >= 0.3 is 5.97 Å². The van der Waals surface area contributed by atoms with Gasteiger partial charge in [-0.15, -0.1) is 0 Å². The zero-order chi connectivity index (χ0) is 20.5. The highest BCUT2D eigenvalue weighted by Gasteiger charge is 2.33. The number of ether oxygens (including phenoxy) is 1. The van der Waals surface area contributed by atoms with Gasteiger partial charge in [0.1, 0.15) is 5.82 Å². The lowest BCUT2D eigenvalue weighted by molar-refractivity contribution is -0.138. The zero-order valence-electron chi connectivity index (χ0n) is 15.8. The van der Waals surface area contributed by atoms with Crippen molar-refractivity contribution in [3.05, 3.63) is 47.0 Å². The zero-order valence-corrected chi connectivity index (χ0v) is 17.3. The van der Waals surface area contributed by atoms with Crippen LogP contribution in [0.5, 0.6) is 0 Å². The Kier molecular flexibility index (Phi) is 5.63. The molecule has 1 aromatic carbocycles. The quantitative estimate of drug-likeness (QED) is 0.626. The second-order valence-corrected chi connectivity index (χ2v) is 7.79. The van der Waals surface area contributed by atoms with E-state index in [9.17, 15) is 4.79 Å². The summed E-state index contributed by atoms with van der Waals surface area (Å²) in [6.07, 6.45) is 6.05. The van der Waals surface area contributed by atoms with Gasteiger partial charge in [-0.3, -0.25) is 4.79 Å². The van der Waals surface area contributed by atoms with Crippen LogP contribution in [-0.4, -0.2) is 50.9 Å². The molecule has 4 rings (SSSR count). The summed E-state index contributed by atoms with van der Waals surface area (Å²) >= 11 is 12.7. The van der Waals surface area contributed by atoms with E-state index >= 15 is 0 Å². The Labute approximate surface area is 177 Å². The number of hydrogen-bond donors (Lipinski definition) is 1. The molecular formula is C20H20Cl2N4O3. The number of nitrogens with zero attached hydrogens (tertiary/aromatic N) is 4. The molecule has 0 aliphatic carbocycles. The van der Waals surface area contributed by atoms with Gasteiger partial charge in [-0.25, -0.2) is 9.97 Å². The molecular weight excluding hydrogens is 415 g/mol. The first kappa shape index (κ1) is 19.9. The van der Waals surface area contributed by atoms with Gasteiger partial charge in [0.15, 0.2) is 0 Å². The van der Waals surface area contributed by atoms with Crippen molar-refractivity contribution >= 4 is 45.9 Å². The first-order chi connectivity index (χ1) is 14.0. The highest BCUT2D eigenvalue weighted by molar-refractivity contribution is 6.45. The minimum atomic E-state index is -0.861. The molecule has 0 radical (unpaired) electrons. The van der Waals surface area contributed by atoms with Crippen molar-refractivity contribution in [3.8, 4) is 5.69 Å². The van der Waals surface area contributed by atoms with E-state index in [1.807, 2.05) is 22.9 Å². The summed E-state index contributed by atoms with van der Waals surface area (Å²) in [5.41, 5.74) is 1.53. The van der Waals surface area contributed by atoms with Crippen LogP contribution in [0.25, 0.3) is 16.6 Å². The van der Waals surface area contributed by atoms with E-state index in [1.165, 1.54) is 0 Å². The molecule has 152 valence electrons. The van der Waals surface area contributed by atoms with Crippen molar-refractivity contribution in [2.75, 3.05) is 18.1 Å². The fraction of sp³-hybridized carbons (Fsp3) is 0.350. The van der Waals surface area contributed by atoms with Crippen molar-refractivity contribution in [2.45, 2.75) is 31.9 Å². The lowest BCUT2D eigenvalue weighted by atomic mass is 10.1. The van der Waals surface area contributed by atoms with E-state index in [0.717, 1.165) is 29.9 Å². The molecule has 7 nitrogen and oxygen atoms in total. The molecule has 29 heavy (non-hydrogen) atoms. The van der Waals surface area contributed by atoms with Gasteiger partial charge < -0.3 is 19.3 Å². The fourth-order valence-corrected chi connectivity index (χ4v) is 4.08. The summed E-state index contributed by atoms with van der Waals surface area (Å²) in [6, 6.07) is 5.71. The van der Waals surface area contributed by atoms with E-state index in [0.29, 0.717) is 15.6 Å². The molecule has 1 aliphatic heterocycles. The topological polar surface area (TPSA) is 80.5 Å². The van der Waals surface area contributed by atoms with Crippen LogP contribution < -0.4 is 4.90 Å². The van der Waals surface area contributed by atoms with Gasteiger partial charge in [0.2, 0.25) is 0 Å². The van der Waals surface area contributed by atoms with Gasteiger partial charge in [-0.1, -0.05) is 23.2 Å². The summed E-state index contributed by atoms with van der Waals surface area (Å²) in [5.74, 6) is -0.0950. The summed E-state index contributed by atoms with van der Waals surface area (Å²) in [5, 5.41) is 10.6. The number of carboxylic acids is 1. The molecule has 3 aromatic rings. The fourth-order valence-electron chi connectivity index (χ4n) is 3.72. The van der Waals surface area contributed by atoms with E-state index in [1.54, 1.807) is 18.6 Å². The summed E-state index contributed by atoms with van der Waals surface area (Å²) in [6.45, 7) is 3.00. The molecule has 1 aliphatic rings. The van der Waals surface area contributed by atoms with E-state index < -0.39 is 5.97 Å². The number of carbonyl (C=O) groups is 1. The second-order valence-electron chi connectivity index (χ2n) is 7.00. The molecule has 2 atom stereocenters. The van der Waals surface area contributed by atoms with Crippen molar-refractivity contribution < 1.29 is 14.6 Å². The average molecular weight is 435 g/mol. The Hall–Kier alpha value is -2.35. The molecule has 1 N–H and O–H groups in total. The van der Waals surface area contributed by atoms with Crippen LogP contribution in [0.15, 0.2) is 36.9 Å². The van der Waals surface area contributed by atoms with Gasteiger partial charge in [0.25, 0.3) is 0 Å². The van der Waals surface area contributed by atoms with Crippen LogP contribution in [0, 0.1) is 0 Å². The summed E-state index contributed by atoms with van der Waals surface area (Å²) in [7, 11) is 0. The van der Waals surface area contributed by atoms with Crippen molar-refractivity contribution in [1.29, 1.82) is 0 Å². The van der Waals surface area contributed by atoms with Crippen LogP contribution >= 0.6 is 23.2 Å². The number of hydrogen-bond acceptors (Lipinski definition) is 5. The third kappa shape index (κ3) is 3.90. The predicted octanol–water partition coefficient (Wildman–Crippen LogP) is 4.19. The minimum absolute atomic E-state index is 0.00364. The van der Waals surface area contributed by atoms with E-state index in [-0.39, 0.29) is 25.2 Å². The Bertz CT molecular complexity index is 1040. The molecule has 9 heteroatoms. The Morgan fingerprint density at radius 2 is 2.21 bits per heavy atom. The lowest BCUT2D eigenvalue weighted by Gasteiger charge is -2.26. The van der Waals surface area contributed by atoms with Crippen molar-refractivity contribution in [3.63, 3.8) is 0 Å². The number of pyridine rings is 1. The molecule has 0 spiro atoms. The molecule has 1 saturated heterocycles. The molecule has 0 unspecified atom stereocenters. The third-order valence-electron chi connectivity index (χ3n) is 5.25. The van der Waals surface area contributed by atoms with Crippen LogP contribution in [0.2, 0.25) is 10.0 Å². The normalized spacial score (nSPS) is 19.2. The van der Waals surface area contributed by atoms with Crippen LogP contribution in [0.1, 0.15) is 19.8 Å². The molecule has 3 heterocycles. The number of aliphatic carboxylic acids is 1. The van der Waals surface area contributed by atoms with Crippen LogP contribution in [0.4, 0.5) is 5.82 Å². The highest BCUT2D eigenvalue weighted by atomic mass is 35.5. The first-order valence-electron chi connectivity index (χ1n) is 9.33. The smallest absolute Gasteiger partial charge is 0.305 e. The first-order valence-corrected chi connectivity index (χ1v) is 10.1. The standard InChI is InChI=1S/C20H20Cl2N4O3/c1-12-16(29-9-5-18(27)28)4-7-26(12)17-10-15(25-8-6-23-11-25)13-2-3-14(21)19(22)20(13)24-17/h2-3,6,8,10-12,16H,4-5,7,9H2,1H3,(H,27,28)/t12-,16+/m1/s1. The SMILES string of the molecule is C[C@@H]1[C@@H](OCCC(=O)O)CCN1c1cc(-n2ccnc2)c2ccc(Cl)c(Cl)c2n1. The number of benzene rings is 1. The van der Waals surface area contributed by atoms with Crippen LogP contribution in [0.3, 0.4) is 0 Å². The number of aromatic nitrogens is 3. The minimum Gasteiger partial charge on any atom is -0.481 e. The maximum atomic E-state index is 10.7. The molecule has 2 aromatic heterocycles. The third-order valence-corrected chi connectivity index (χ3v) is 6.04. The van der Waals surface area contributed by atoms with Gasteiger partial charge in [-0.05, 0) is 25.5 Å². The number of carboxylic acid groups (broad SMARTS) is 1. The lowest BCUT2D eigenvalue weighted by Crippen LogP contribution is -2.34. The largest absolute Gasteiger partial charge is 0.481 e. The van der Waals surface area contributed by atoms with E-state index in [2.05, 4.69) is 16.8 Å². The van der Waals surface area contributed by atoms with Gasteiger partial charge in [0.05, 0.1) is 52.8 Å². The van der Waals surface area contributed by atoms with Crippen molar-refractivity contribution in [1.82, 2.24) is 14.5 Å². The predicted molar refractivity (Wildman–Crippen MR) is 112 cm³/mol. The molecule has 0 bridgehead atoms. The van der Waals surface area contributed by atoms with Crippen LogP contribution in [-0.2, 0) is 9.53 Å². The maximum Gasteiger partial charge on any atom is 0.305 e. The summed E-state index contributed by atoms with van der Waals surface area (Å²) in [4.78, 5) is 21.9. The highest BCUT2D eigenvalue weighted by Crippen LogP contribution is 2.36. The Morgan fingerprint density at radius 3 is 2.93 bits per heavy atom. The van der Waals surface area contributed by atoms with E-state index in [4.69, 9.17) is 38.0 Å². The number of rotatable bonds is 6. The summed E-state index contributed by atoms with van der Waals surface area (Å²) < 4.78 is 7.71. The molecule has 0 amide bonds. The van der Waals surface area contributed by atoms with Gasteiger partial charge in [0, 0.05) is 30.4 Å². The number of fused-ring (bicyclic) bond motifs is 1. The van der Waals surface area contributed by atoms with Gasteiger partial charge in [-0.2, -0.15) is 0 Å². The molecule has 0 saturated carbocycles. The monoisotopic (exact) mass is 434 g/mol. The van der Waals surface area contributed by atoms with Crippen molar-refractivity contribution in [2.24, 2.45) is 0 Å². The number of imidazole rings is 1. The Balaban J connectivity index is 1.71. The maximum absolute atomic E-state index is 10.7. The molecule has 1 fully saturated rings.